The van der Waals surface area contributed by atoms with Crippen LogP contribution in [-0.4, -0.2) is 30.5 Å². The summed E-state index contributed by atoms with van der Waals surface area (Å²) in [4.78, 5) is 11.0. The number of benzene rings is 1. The summed E-state index contributed by atoms with van der Waals surface area (Å²) in [7, 11) is 0. The zero-order chi connectivity index (χ0) is 12.5. The second-order valence-corrected chi connectivity index (χ2v) is 3.44. The summed E-state index contributed by atoms with van der Waals surface area (Å²) in [6, 6.07) is 9.63. The molecule has 0 aliphatic heterocycles. The molecule has 0 aliphatic rings. The Kier molecular flexibility index (Phi) is 5.82. The van der Waals surface area contributed by atoms with Gasteiger partial charge in [0, 0.05) is 0 Å². The highest BCUT2D eigenvalue weighted by molar-refractivity contribution is 5.67. The molecule has 92 valence electrons. The Morgan fingerprint density at radius 3 is 2.82 bits per heavy atom. The molecule has 0 bridgehead atoms. The fraction of sp³-hybridized carbons (Fsp3) is 0.308. The van der Waals surface area contributed by atoms with Crippen LogP contribution in [0.15, 0.2) is 36.4 Å². The summed E-state index contributed by atoms with van der Waals surface area (Å²) in [6.07, 6.45) is 2.19. The SMILES string of the molecule is CCOC(=O)NCC(O)/C=C/c1ccccc1. The molecule has 1 rings (SSSR count). The maximum Gasteiger partial charge on any atom is 0.407 e. The Bertz CT molecular complexity index is 362. The zero-order valence-corrected chi connectivity index (χ0v) is 9.80. The molecule has 4 heteroatoms. The Morgan fingerprint density at radius 1 is 1.47 bits per heavy atom. The molecular formula is C13H17NO3. The lowest BCUT2D eigenvalue weighted by atomic mass is 10.2. The van der Waals surface area contributed by atoms with Crippen molar-refractivity contribution in [2.75, 3.05) is 13.2 Å². The third kappa shape index (κ3) is 5.73. The molecule has 0 fully saturated rings. The van der Waals surface area contributed by atoms with Gasteiger partial charge in [-0.3, -0.25) is 0 Å². The van der Waals surface area contributed by atoms with Crippen LogP contribution in [0.1, 0.15) is 12.5 Å². The van der Waals surface area contributed by atoms with E-state index in [1.54, 1.807) is 19.1 Å². The summed E-state index contributed by atoms with van der Waals surface area (Å²) in [5.41, 5.74) is 1.00. The lowest BCUT2D eigenvalue weighted by Crippen LogP contribution is -2.31. The fourth-order valence-electron chi connectivity index (χ4n) is 1.22. The minimum atomic E-state index is -0.723. The second kappa shape index (κ2) is 7.46. The van der Waals surface area contributed by atoms with Crippen molar-refractivity contribution in [3.63, 3.8) is 0 Å². The van der Waals surface area contributed by atoms with Gasteiger partial charge in [0.15, 0.2) is 0 Å². The summed E-state index contributed by atoms with van der Waals surface area (Å²) < 4.78 is 4.67. The number of amides is 1. The number of ether oxygens (including phenoxy) is 1. The van der Waals surface area contributed by atoms with E-state index in [1.165, 1.54) is 0 Å². The number of hydrogen-bond acceptors (Lipinski definition) is 3. The first-order valence-corrected chi connectivity index (χ1v) is 5.54. The second-order valence-electron chi connectivity index (χ2n) is 3.44. The third-order valence-electron chi connectivity index (χ3n) is 2.04. The average molecular weight is 235 g/mol. The van der Waals surface area contributed by atoms with Crippen molar-refractivity contribution in [2.45, 2.75) is 13.0 Å². The van der Waals surface area contributed by atoms with Gasteiger partial charge in [0.05, 0.1) is 19.3 Å². The van der Waals surface area contributed by atoms with Gasteiger partial charge in [0.1, 0.15) is 0 Å². The first-order valence-electron chi connectivity index (χ1n) is 5.54. The smallest absolute Gasteiger partial charge is 0.407 e. The van der Waals surface area contributed by atoms with E-state index in [-0.39, 0.29) is 6.54 Å². The van der Waals surface area contributed by atoms with Gasteiger partial charge < -0.3 is 15.2 Å². The Balaban J connectivity index is 2.32. The summed E-state index contributed by atoms with van der Waals surface area (Å²) >= 11 is 0. The predicted molar refractivity (Wildman–Crippen MR) is 66.5 cm³/mol. The van der Waals surface area contributed by atoms with E-state index in [1.807, 2.05) is 30.3 Å². The van der Waals surface area contributed by atoms with Gasteiger partial charge in [-0.15, -0.1) is 0 Å². The van der Waals surface area contributed by atoms with Crippen LogP contribution >= 0.6 is 0 Å². The molecule has 1 amide bonds. The minimum absolute atomic E-state index is 0.141. The molecule has 1 atom stereocenters. The molecule has 1 aromatic carbocycles. The molecule has 0 spiro atoms. The van der Waals surface area contributed by atoms with Crippen LogP contribution in [0.2, 0.25) is 0 Å². The molecule has 1 unspecified atom stereocenters. The molecular weight excluding hydrogens is 218 g/mol. The van der Waals surface area contributed by atoms with Crippen molar-refractivity contribution < 1.29 is 14.6 Å². The number of nitrogens with one attached hydrogen (secondary N) is 1. The minimum Gasteiger partial charge on any atom is -0.450 e. The van der Waals surface area contributed by atoms with Crippen LogP contribution in [0.4, 0.5) is 4.79 Å². The Labute approximate surface area is 101 Å². The fourth-order valence-corrected chi connectivity index (χ4v) is 1.22. The highest BCUT2D eigenvalue weighted by Gasteiger charge is 2.03. The van der Waals surface area contributed by atoms with Crippen LogP contribution in [0.25, 0.3) is 6.08 Å². The topological polar surface area (TPSA) is 58.6 Å². The molecule has 0 aliphatic carbocycles. The van der Waals surface area contributed by atoms with Crippen LogP contribution < -0.4 is 5.32 Å². The lowest BCUT2D eigenvalue weighted by Gasteiger charge is -2.07. The maximum atomic E-state index is 11.0. The number of carbonyl (C=O) groups excluding carboxylic acids is 1. The molecule has 4 nitrogen and oxygen atoms in total. The largest absolute Gasteiger partial charge is 0.450 e. The van der Waals surface area contributed by atoms with E-state index in [0.717, 1.165) is 5.56 Å². The van der Waals surface area contributed by atoms with E-state index in [4.69, 9.17) is 0 Å². The molecule has 0 heterocycles. The van der Waals surface area contributed by atoms with E-state index < -0.39 is 12.2 Å². The summed E-state index contributed by atoms with van der Waals surface area (Å²) in [5.74, 6) is 0. The van der Waals surface area contributed by atoms with Crippen LogP contribution in [-0.2, 0) is 4.74 Å². The quantitative estimate of drug-likeness (QED) is 0.818. The number of carbonyl (C=O) groups is 1. The van der Waals surface area contributed by atoms with Gasteiger partial charge in [-0.25, -0.2) is 4.79 Å². The van der Waals surface area contributed by atoms with Gasteiger partial charge in [-0.05, 0) is 12.5 Å². The standard InChI is InChI=1S/C13H17NO3/c1-2-17-13(16)14-10-12(15)9-8-11-6-4-3-5-7-11/h3-9,12,15H,2,10H2,1H3,(H,14,16)/b9-8+. The van der Waals surface area contributed by atoms with Crippen molar-refractivity contribution in [1.29, 1.82) is 0 Å². The Morgan fingerprint density at radius 2 is 2.18 bits per heavy atom. The van der Waals surface area contributed by atoms with Crippen LogP contribution in [0, 0.1) is 0 Å². The number of aliphatic hydroxyl groups excluding tert-OH is 1. The highest BCUT2D eigenvalue weighted by atomic mass is 16.5. The van der Waals surface area contributed by atoms with Crippen molar-refractivity contribution in [2.24, 2.45) is 0 Å². The van der Waals surface area contributed by atoms with Crippen molar-refractivity contribution in [3.05, 3.63) is 42.0 Å². The molecule has 0 radical (unpaired) electrons. The van der Waals surface area contributed by atoms with Crippen molar-refractivity contribution >= 4 is 12.2 Å². The zero-order valence-electron chi connectivity index (χ0n) is 9.80. The predicted octanol–water partition coefficient (Wildman–Crippen LogP) is 1.81. The monoisotopic (exact) mass is 235 g/mol. The first-order chi connectivity index (χ1) is 8.22. The Hall–Kier alpha value is -1.81. The lowest BCUT2D eigenvalue weighted by molar-refractivity contribution is 0.144. The van der Waals surface area contributed by atoms with Crippen molar-refractivity contribution in [1.82, 2.24) is 5.32 Å². The molecule has 0 saturated carbocycles. The van der Waals surface area contributed by atoms with Gasteiger partial charge >= 0.3 is 6.09 Å². The number of hydrogen-bond donors (Lipinski definition) is 2. The molecule has 2 N–H and O–H groups in total. The molecule has 0 saturated heterocycles. The molecule has 17 heavy (non-hydrogen) atoms. The van der Waals surface area contributed by atoms with Gasteiger partial charge in [0.25, 0.3) is 0 Å². The molecule has 1 aromatic rings. The van der Waals surface area contributed by atoms with Gasteiger partial charge in [0.2, 0.25) is 0 Å². The number of alkyl carbamates (subject to hydrolysis) is 1. The molecule has 0 aromatic heterocycles. The van der Waals surface area contributed by atoms with E-state index >= 15 is 0 Å². The van der Waals surface area contributed by atoms with E-state index in [2.05, 4.69) is 10.1 Å². The normalized spacial score (nSPS) is 12.4. The third-order valence-corrected chi connectivity index (χ3v) is 2.04. The summed E-state index contributed by atoms with van der Waals surface area (Å²) in [5, 5.41) is 12.0. The van der Waals surface area contributed by atoms with Crippen LogP contribution in [0.5, 0.6) is 0 Å². The maximum absolute atomic E-state index is 11.0. The van der Waals surface area contributed by atoms with E-state index in [0.29, 0.717) is 6.61 Å². The highest BCUT2D eigenvalue weighted by Crippen LogP contribution is 2.01. The van der Waals surface area contributed by atoms with Gasteiger partial charge in [-0.2, -0.15) is 0 Å². The van der Waals surface area contributed by atoms with E-state index in [9.17, 15) is 9.90 Å². The van der Waals surface area contributed by atoms with Crippen molar-refractivity contribution in [3.8, 4) is 0 Å². The summed E-state index contributed by atoms with van der Waals surface area (Å²) in [6.45, 7) is 2.19. The average Bonchev–Trinajstić information content (AvgIpc) is 2.35. The first kappa shape index (κ1) is 13.3. The number of rotatable bonds is 5. The van der Waals surface area contributed by atoms with Gasteiger partial charge in [-0.1, -0.05) is 42.5 Å². The van der Waals surface area contributed by atoms with Crippen LogP contribution in [0.3, 0.4) is 0 Å². The number of aliphatic hydroxyl groups is 1.